The molecule has 16 heavy (non-hydrogen) atoms. The fraction of sp³-hybridized carbons (Fsp3) is 0.111. The molecule has 0 bridgehead atoms. The maximum absolute atomic E-state index is 12.7. The van der Waals surface area contributed by atoms with E-state index in [1.54, 1.807) is 0 Å². The van der Waals surface area contributed by atoms with Gasteiger partial charge in [0, 0.05) is 0 Å². The van der Waals surface area contributed by atoms with Crippen LogP contribution in [-0.2, 0) is 0 Å². The van der Waals surface area contributed by atoms with Gasteiger partial charge in [-0.05, 0) is 17.7 Å². The topological polar surface area (TPSA) is 43.1 Å². The van der Waals surface area contributed by atoms with Crippen molar-refractivity contribution < 1.29 is 22.5 Å². The molecule has 0 amide bonds. The molecular weight excluding hydrogens is 230 g/mol. The lowest BCUT2D eigenvalue weighted by atomic mass is 10.1. The van der Waals surface area contributed by atoms with Crippen molar-refractivity contribution in [2.45, 2.75) is 6.18 Å². The molecule has 0 saturated heterocycles. The van der Waals surface area contributed by atoms with E-state index in [4.69, 9.17) is 0 Å². The molecule has 0 aliphatic heterocycles. The molecule has 0 aliphatic carbocycles. The van der Waals surface area contributed by atoms with E-state index in [2.05, 4.69) is 0 Å². The van der Waals surface area contributed by atoms with Crippen molar-refractivity contribution >= 4 is 5.57 Å². The Kier molecular flexibility index (Phi) is 3.26. The molecule has 0 aromatic heterocycles. The van der Waals surface area contributed by atoms with E-state index < -0.39 is 28.1 Å². The summed E-state index contributed by atoms with van der Waals surface area (Å²) in [5.74, 6) is -0.893. The van der Waals surface area contributed by atoms with E-state index in [1.165, 1.54) is 0 Å². The molecule has 0 spiro atoms. The van der Waals surface area contributed by atoms with Crippen molar-refractivity contribution in [3.8, 4) is 0 Å². The third kappa shape index (κ3) is 3.04. The fourth-order valence-electron chi connectivity index (χ4n) is 1.07. The second kappa shape index (κ2) is 4.30. The molecule has 0 fully saturated rings. The Bertz CT molecular complexity index is 439. The molecule has 0 radical (unpaired) electrons. The van der Waals surface area contributed by atoms with Crippen LogP contribution >= 0.6 is 0 Å². The molecule has 1 rings (SSSR count). The standard InChI is InChI=1S/C9H5F4NO2/c10-7-3-1-2-6(4-7)8(5-14(15)16)9(11,12)13/h1-5H/b8-5+. The molecule has 0 N–H and O–H groups in total. The van der Waals surface area contributed by atoms with Gasteiger partial charge in [-0.25, -0.2) is 4.39 Å². The molecule has 86 valence electrons. The number of nitro groups is 1. The van der Waals surface area contributed by atoms with Gasteiger partial charge in [-0.3, -0.25) is 10.1 Å². The van der Waals surface area contributed by atoms with E-state index in [0.717, 1.165) is 18.2 Å². The molecule has 7 heteroatoms. The van der Waals surface area contributed by atoms with Crippen LogP contribution in [0.1, 0.15) is 5.56 Å². The average Bonchev–Trinajstić information content (AvgIpc) is 2.12. The summed E-state index contributed by atoms with van der Waals surface area (Å²) in [6.07, 6.45) is -5.09. The van der Waals surface area contributed by atoms with Gasteiger partial charge in [0.05, 0.1) is 4.92 Å². The van der Waals surface area contributed by atoms with Crippen LogP contribution in [-0.4, -0.2) is 11.1 Å². The van der Waals surface area contributed by atoms with E-state index in [0.29, 0.717) is 6.07 Å². The van der Waals surface area contributed by atoms with Gasteiger partial charge < -0.3 is 0 Å². The van der Waals surface area contributed by atoms with Crippen LogP contribution in [0.15, 0.2) is 30.5 Å². The van der Waals surface area contributed by atoms with Crippen LogP contribution in [0.3, 0.4) is 0 Å². The second-order valence-electron chi connectivity index (χ2n) is 2.84. The zero-order valence-corrected chi connectivity index (χ0v) is 7.66. The Hall–Kier alpha value is -1.92. The van der Waals surface area contributed by atoms with Gasteiger partial charge in [-0.2, -0.15) is 13.2 Å². The first-order valence-electron chi connectivity index (χ1n) is 3.99. The minimum absolute atomic E-state index is 0.186. The summed E-state index contributed by atoms with van der Waals surface area (Å²) in [5.41, 5.74) is -2.07. The second-order valence-corrected chi connectivity index (χ2v) is 2.84. The maximum Gasteiger partial charge on any atom is 0.422 e. The monoisotopic (exact) mass is 235 g/mol. The third-order valence-electron chi connectivity index (χ3n) is 1.68. The summed E-state index contributed by atoms with van der Waals surface area (Å²) in [6, 6.07) is 3.53. The number of hydrogen-bond acceptors (Lipinski definition) is 2. The Labute approximate surface area is 87.2 Å². The number of alkyl halides is 3. The molecule has 1 aromatic rings. The first kappa shape index (κ1) is 12.2. The molecule has 0 aliphatic rings. The lowest BCUT2D eigenvalue weighted by Crippen LogP contribution is -2.12. The quantitative estimate of drug-likeness (QED) is 0.449. The van der Waals surface area contributed by atoms with E-state index >= 15 is 0 Å². The first-order chi connectivity index (χ1) is 7.30. The molecule has 1 aromatic carbocycles. The molecule has 0 atom stereocenters. The zero-order valence-electron chi connectivity index (χ0n) is 7.66. The van der Waals surface area contributed by atoms with Gasteiger partial charge in [0.2, 0.25) is 6.20 Å². The van der Waals surface area contributed by atoms with E-state index in [9.17, 15) is 27.7 Å². The first-order valence-corrected chi connectivity index (χ1v) is 3.99. The third-order valence-corrected chi connectivity index (χ3v) is 1.68. The minimum Gasteiger partial charge on any atom is -0.259 e. The minimum atomic E-state index is -4.90. The number of nitrogens with zero attached hydrogens (tertiary/aromatic N) is 1. The number of allylic oxidation sites excluding steroid dienone is 1. The van der Waals surface area contributed by atoms with Gasteiger partial charge in [0.25, 0.3) is 0 Å². The average molecular weight is 235 g/mol. The van der Waals surface area contributed by atoms with Crippen molar-refractivity contribution in [1.82, 2.24) is 0 Å². The number of halogens is 4. The van der Waals surface area contributed by atoms with Crippen molar-refractivity contribution in [3.05, 3.63) is 52.0 Å². The van der Waals surface area contributed by atoms with Crippen LogP contribution < -0.4 is 0 Å². The normalized spacial score (nSPS) is 12.6. The summed E-state index contributed by atoms with van der Waals surface area (Å²) in [4.78, 5) is 8.82. The predicted octanol–water partition coefficient (Wildman–Crippen LogP) is 3.01. The van der Waals surface area contributed by atoms with Gasteiger partial charge in [0.15, 0.2) is 0 Å². The van der Waals surface area contributed by atoms with Crippen LogP contribution in [0.2, 0.25) is 0 Å². The van der Waals surface area contributed by atoms with Crippen LogP contribution in [0.5, 0.6) is 0 Å². The van der Waals surface area contributed by atoms with Crippen LogP contribution in [0, 0.1) is 15.9 Å². The van der Waals surface area contributed by atoms with Crippen molar-refractivity contribution in [3.63, 3.8) is 0 Å². The maximum atomic E-state index is 12.7. The van der Waals surface area contributed by atoms with Crippen molar-refractivity contribution in [2.75, 3.05) is 0 Å². The lowest BCUT2D eigenvalue weighted by Gasteiger charge is -2.08. The summed E-state index contributed by atoms with van der Waals surface area (Å²) >= 11 is 0. The highest BCUT2D eigenvalue weighted by atomic mass is 19.4. The van der Waals surface area contributed by atoms with Crippen molar-refractivity contribution in [1.29, 1.82) is 0 Å². The molecule has 0 unspecified atom stereocenters. The Morgan fingerprint density at radius 2 is 2.00 bits per heavy atom. The zero-order chi connectivity index (χ0) is 12.3. The smallest absolute Gasteiger partial charge is 0.259 e. The highest BCUT2D eigenvalue weighted by Crippen LogP contribution is 2.33. The Morgan fingerprint density at radius 3 is 2.44 bits per heavy atom. The molecule has 3 nitrogen and oxygen atoms in total. The summed E-state index contributed by atoms with van der Waals surface area (Å²) in [5, 5.41) is 10.1. The highest BCUT2D eigenvalue weighted by molar-refractivity contribution is 5.68. The largest absolute Gasteiger partial charge is 0.422 e. The molecular formula is C9H5F4NO2. The summed E-state index contributed by atoms with van der Waals surface area (Å²) in [6.45, 7) is 0. The molecule has 0 saturated carbocycles. The Balaban J connectivity index is 3.28. The van der Waals surface area contributed by atoms with E-state index in [1.807, 2.05) is 0 Å². The highest BCUT2D eigenvalue weighted by Gasteiger charge is 2.37. The number of rotatable bonds is 2. The summed E-state index contributed by atoms with van der Waals surface area (Å²) < 4.78 is 49.9. The lowest BCUT2D eigenvalue weighted by molar-refractivity contribution is -0.402. The van der Waals surface area contributed by atoms with Gasteiger partial charge in [0.1, 0.15) is 11.4 Å². The number of hydrogen-bond donors (Lipinski definition) is 0. The van der Waals surface area contributed by atoms with E-state index in [-0.39, 0.29) is 6.20 Å². The predicted molar refractivity (Wildman–Crippen MR) is 47.4 cm³/mol. The SMILES string of the molecule is O=[N+]([O-])/C=C(\c1cccc(F)c1)C(F)(F)F. The fourth-order valence-corrected chi connectivity index (χ4v) is 1.07. The van der Waals surface area contributed by atoms with Gasteiger partial charge in [-0.15, -0.1) is 0 Å². The van der Waals surface area contributed by atoms with Gasteiger partial charge >= 0.3 is 6.18 Å². The van der Waals surface area contributed by atoms with Crippen molar-refractivity contribution in [2.24, 2.45) is 0 Å². The van der Waals surface area contributed by atoms with Gasteiger partial charge in [-0.1, -0.05) is 12.1 Å². The number of benzene rings is 1. The summed E-state index contributed by atoms with van der Waals surface area (Å²) in [7, 11) is 0. The van der Waals surface area contributed by atoms with Crippen LogP contribution in [0.4, 0.5) is 17.6 Å². The Morgan fingerprint density at radius 1 is 1.38 bits per heavy atom. The molecule has 0 heterocycles. The van der Waals surface area contributed by atoms with Crippen LogP contribution in [0.25, 0.3) is 5.57 Å².